The largest absolute Gasteiger partial charge is 0.519 e. The van der Waals surface area contributed by atoms with Gasteiger partial charge >= 0.3 is 17.8 Å². The van der Waals surface area contributed by atoms with Crippen LogP contribution in [0.2, 0.25) is 0 Å². The molecule has 17 heavy (non-hydrogen) atoms. The number of carbonyl (C=O) groups is 2. The number of hydrogen-bond acceptors (Lipinski definition) is 7. The molecule has 0 aliphatic rings. The van der Waals surface area contributed by atoms with E-state index in [4.69, 9.17) is 4.74 Å². The summed E-state index contributed by atoms with van der Waals surface area (Å²) in [5.41, 5.74) is 0. The summed E-state index contributed by atoms with van der Waals surface area (Å²) in [7, 11) is 0. The van der Waals surface area contributed by atoms with Gasteiger partial charge in [-0.05, 0) is 6.92 Å². The average Bonchev–Trinajstić information content (AvgIpc) is 2.62. The van der Waals surface area contributed by atoms with Crippen molar-refractivity contribution in [2.75, 3.05) is 6.61 Å². The van der Waals surface area contributed by atoms with Gasteiger partial charge in [-0.1, -0.05) is 6.92 Å². The van der Waals surface area contributed by atoms with Crippen molar-refractivity contribution in [3.8, 4) is 0 Å². The van der Waals surface area contributed by atoms with E-state index in [9.17, 15) is 14.4 Å². The van der Waals surface area contributed by atoms with Crippen LogP contribution in [0.3, 0.4) is 0 Å². The zero-order valence-corrected chi connectivity index (χ0v) is 9.48. The van der Waals surface area contributed by atoms with E-state index >= 15 is 0 Å². The van der Waals surface area contributed by atoms with E-state index in [1.807, 2.05) is 0 Å². The second kappa shape index (κ2) is 5.88. The molecule has 1 rings (SSSR count). The van der Waals surface area contributed by atoms with E-state index in [1.54, 1.807) is 6.92 Å². The van der Waals surface area contributed by atoms with Gasteiger partial charge in [0.2, 0.25) is 0 Å². The third kappa shape index (κ3) is 4.13. The number of esters is 2. The number of ether oxygens (including phenoxy) is 2. The second-order valence-corrected chi connectivity index (χ2v) is 3.11. The van der Waals surface area contributed by atoms with Crippen LogP contribution in [0.4, 0.5) is 0 Å². The molecule has 7 heteroatoms. The van der Waals surface area contributed by atoms with Crippen molar-refractivity contribution >= 4 is 11.9 Å². The lowest BCUT2D eigenvalue weighted by molar-refractivity contribution is -0.159. The van der Waals surface area contributed by atoms with Gasteiger partial charge in [0.1, 0.15) is 0 Å². The molecular weight excluding hydrogens is 232 g/mol. The third-order valence-corrected chi connectivity index (χ3v) is 1.84. The molecule has 0 saturated carbocycles. The summed E-state index contributed by atoms with van der Waals surface area (Å²) in [5, 5.41) is 0. The Morgan fingerprint density at radius 2 is 1.88 bits per heavy atom. The van der Waals surface area contributed by atoms with Crippen molar-refractivity contribution in [3.63, 3.8) is 0 Å². The number of rotatable bonds is 5. The molecule has 94 valence electrons. The molecule has 0 spiro atoms. The van der Waals surface area contributed by atoms with Gasteiger partial charge in [-0.25, -0.2) is 9.59 Å². The lowest BCUT2D eigenvalue weighted by Crippen LogP contribution is -2.15. The Balaban J connectivity index is 2.36. The molecule has 0 saturated heterocycles. The highest BCUT2D eigenvalue weighted by Gasteiger charge is 2.12. The molecule has 0 fully saturated rings. The van der Waals surface area contributed by atoms with Crippen LogP contribution < -0.4 is 5.82 Å². The smallest absolute Gasteiger partial charge is 0.455 e. The lowest BCUT2D eigenvalue weighted by Gasteiger charge is -2.03. The van der Waals surface area contributed by atoms with Crippen molar-refractivity contribution < 1.29 is 27.9 Å². The van der Waals surface area contributed by atoms with Crippen LogP contribution in [-0.2, 0) is 25.7 Å². The Bertz CT molecular complexity index is 453. The van der Waals surface area contributed by atoms with Gasteiger partial charge < -0.3 is 18.3 Å². The molecule has 1 heterocycles. The molecule has 1 aromatic heterocycles. The molecule has 0 radical (unpaired) electrons. The van der Waals surface area contributed by atoms with Crippen molar-refractivity contribution in [2.24, 2.45) is 0 Å². The van der Waals surface area contributed by atoms with Gasteiger partial charge in [-0.2, -0.15) is 0 Å². The molecule has 0 bridgehead atoms. The number of carbonyl (C=O) groups excluding carboxylic acids is 2. The Kier molecular flexibility index (Phi) is 4.50. The fourth-order valence-electron chi connectivity index (χ4n) is 0.935. The van der Waals surface area contributed by atoms with Crippen LogP contribution in [0.1, 0.15) is 24.9 Å². The molecule has 0 aliphatic carbocycles. The molecule has 0 unspecified atom stereocenters. The summed E-state index contributed by atoms with van der Waals surface area (Å²) in [4.78, 5) is 32.5. The van der Waals surface area contributed by atoms with E-state index in [0.29, 0.717) is 0 Å². The Labute approximate surface area is 96.3 Å². The van der Waals surface area contributed by atoms with E-state index < -0.39 is 24.4 Å². The van der Waals surface area contributed by atoms with Crippen LogP contribution in [0, 0.1) is 6.92 Å². The summed E-state index contributed by atoms with van der Waals surface area (Å²) < 4.78 is 18.4. The van der Waals surface area contributed by atoms with Crippen molar-refractivity contribution in [1.82, 2.24) is 0 Å². The predicted octanol–water partition coefficient (Wildman–Crippen LogP) is 0.538. The molecule has 0 aliphatic heterocycles. The highest BCUT2D eigenvalue weighted by molar-refractivity contribution is 5.76. The minimum Gasteiger partial charge on any atom is -0.455 e. The summed E-state index contributed by atoms with van der Waals surface area (Å²) in [6.07, 6.45) is 0.184. The van der Waals surface area contributed by atoms with E-state index in [0.717, 1.165) is 0 Å². The molecule has 0 amide bonds. The highest BCUT2D eigenvalue weighted by atomic mass is 16.6. The first kappa shape index (κ1) is 13.0. The van der Waals surface area contributed by atoms with E-state index in [-0.39, 0.29) is 24.5 Å². The average molecular weight is 244 g/mol. The first-order valence-corrected chi connectivity index (χ1v) is 4.93. The first-order chi connectivity index (χ1) is 8.02. The summed E-state index contributed by atoms with van der Waals surface area (Å²) in [5.74, 6) is -1.70. The van der Waals surface area contributed by atoms with Gasteiger partial charge in [-0.3, -0.25) is 4.79 Å². The zero-order chi connectivity index (χ0) is 12.8. The van der Waals surface area contributed by atoms with Crippen LogP contribution in [0.5, 0.6) is 0 Å². The molecular formula is C10H12O7. The fraction of sp³-hybridized carbons (Fsp3) is 0.500. The van der Waals surface area contributed by atoms with Crippen LogP contribution >= 0.6 is 0 Å². The highest BCUT2D eigenvalue weighted by Crippen LogP contribution is 2.06. The Hall–Kier alpha value is -2.05. The van der Waals surface area contributed by atoms with Gasteiger partial charge in [0.25, 0.3) is 0 Å². The molecule has 0 N–H and O–H groups in total. The molecule has 0 aromatic carbocycles. The second-order valence-electron chi connectivity index (χ2n) is 3.11. The topological polar surface area (TPSA) is 96.0 Å². The van der Waals surface area contributed by atoms with Crippen LogP contribution in [0.25, 0.3) is 0 Å². The minimum atomic E-state index is -0.856. The van der Waals surface area contributed by atoms with Crippen LogP contribution in [-0.4, -0.2) is 18.5 Å². The molecule has 7 nitrogen and oxygen atoms in total. The maximum absolute atomic E-state index is 11.1. The minimum absolute atomic E-state index is 0.130. The van der Waals surface area contributed by atoms with Crippen LogP contribution in [0.15, 0.2) is 13.6 Å². The first-order valence-electron chi connectivity index (χ1n) is 4.93. The van der Waals surface area contributed by atoms with E-state index in [2.05, 4.69) is 13.6 Å². The molecule has 0 atom stereocenters. The molecule has 1 aromatic rings. The standard InChI is InChI=1S/C10H12O7/c1-3-8(11)15-5-9(12)14-4-7-6(2)16-10(13)17-7/h3-5H2,1-2H3. The zero-order valence-electron chi connectivity index (χ0n) is 9.48. The predicted molar refractivity (Wildman–Crippen MR) is 53.0 cm³/mol. The van der Waals surface area contributed by atoms with Gasteiger partial charge in [0.15, 0.2) is 24.7 Å². The van der Waals surface area contributed by atoms with E-state index in [1.165, 1.54) is 6.92 Å². The van der Waals surface area contributed by atoms with Crippen molar-refractivity contribution in [1.29, 1.82) is 0 Å². The fourth-order valence-corrected chi connectivity index (χ4v) is 0.935. The number of aryl methyl sites for hydroxylation is 1. The van der Waals surface area contributed by atoms with Gasteiger partial charge in [-0.15, -0.1) is 0 Å². The van der Waals surface area contributed by atoms with Gasteiger partial charge in [0.05, 0.1) is 0 Å². The summed E-state index contributed by atoms with van der Waals surface area (Å²) in [6, 6.07) is 0. The SMILES string of the molecule is CCC(=O)OCC(=O)OCc1oc(=O)oc1C. The monoisotopic (exact) mass is 244 g/mol. The summed E-state index contributed by atoms with van der Waals surface area (Å²) in [6.45, 7) is 2.41. The quantitative estimate of drug-likeness (QED) is 0.697. The van der Waals surface area contributed by atoms with Gasteiger partial charge in [0, 0.05) is 6.42 Å². The maximum Gasteiger partial charge on any atom is 0.519 e. The van der Waals surface area contributed by atoms with Crippen molar-refractivity contribution in [2.45, 2.75) is 26.9 Å². The summed E-state index contributed by atoms with van der Waals surface area (Å²) >= 11 is 0. The third-order valence-electron chi connectivity index (χ3n) is 1.84. The lowest BCUT2D eigenvalue weighted by atomic mass is 10.4. The Morgan fingerprint density at radius 3 is 2.41 bits per heavy atom. The normalized spacial score (nSPS) is 10.0. The number of hydrogen-bond donors (Lipinski definition) is 0. The maximum atomic E-state index is 11.1. The van der Waals surface area contributed by atoms with Crippen molar-refractivity contribution in [3.05, 3.63) is 22.1 Å². The Morgan fingerprint density at radius 1 is 1.18 bits per heavy atom.